The summed E-state index contributed by atoms with van der Waals surface area (Å²) >= 11 is 0. The molecular weight excluding hydrogens is 169 g/mol. The number of hydrogen-bond acceptors (Lipinski definition) is 2. The van der Waals surface area contributed by atoms with Gasteiger partial charge in [0.2, 0.25) is 0 Å². The molecule has 0 spiro atoms. The van der Waals surface area contributed by atoms with Crippen LogP contribution in [0.1, 0.15) is 5.69 Å². The molecule has 3 nitrogen and oxygen atoms in total. The molecule has 13 heavy (non-hydrogen) atoms. The SMILES string of the molecule is CNCc1cc2cncc(F)c2[nH]1. The van der Waals surface area contributed by atoms with Crippen LogP contribution in [0.5, 0.6) is 0 Å². The summed E-state index contributed by atoms with van der Waals surface area (Å²) in [6, 6.07) is 1.89. The van der Waals surface area contributed by atoms with Crippen LogP contribution in [0.15, 0.2) is 18.5 Å². The lowest BCUT2D eigenvalue weighted by Crippen LogP contribution is -2.04. The zero-order valence-electron chi connectivity index (χ0n) is 7.26. The van der Waals surface area contributed by atoms with Gasteiger partial charge in [-0.15, -0.1) is 0 Å². The predicted octanol–water partition coefficient (Wildman–Crippen LogP) is 1.42. The maximum Gasteiger partial charge on any atom is 0.165 e. The highest BCUT2D eigenvalue weighted by Gasteiger charge is 2.04. The zero-order valence-corrected chi connectivity index (χ0v) is 7.26. The summed E-state index contributed by atoms with van der Waals surface area (Å²) in [4.78, 5) is 6.76. The van der Waals surface area contributed by atoms with Crippen LogP contribution in [0.3, 0.4) is 0 Å². The van der Waals surface area contributed by atoms with Crippen molar-refractivity contribution in [1.29, 1.82) is 0 Å². The van der Waals surface area contributed by atoms with Crippen LogP contribution in [0.25, 0.3) is 10.9 Å². The van der Waals surface area contributed by atoms with Gasteiger partial charge in [0.15, 0.2) is 5.82 Å². The fourth-order valence-electron chi connectivity index (χ4n) is 1.36. The second-order valence-electron chi connectivity index (χ2n) is 2.91. The molecule has 0 aromatic carbocycles. The minimum atomic E-state index is -0.306. The number of pyridine rings is 1. The van der Waals surface area contributed by atoms with Crippen molar-refractivity contribution < 1.29 is 4.39 Å². The topological polar surface area (TPSA) is 40.7 Å². The Morgan fingerprint density at radius 3 is 3.08 bits per heavy atom. The van der Waals surface area contributed by atoms with Gasteiger partial charge in [0.1, 0.15) is 0 Å². The average Bonchev–Trinajstić information content (AvgIpc) is 2.49. The molecule has 2 aromatic rings. The molecule has 0 saturated heterocycles. The lowest BCUT2D eigenvalue weighted by atomic mass is 10.3. The molecule has 0 amide bonds. The zero-order chi connectivity index (χ0) is 9.26. The van der Waals surface area contributed by atoms with Gasteiger partial charge in [-0.2, -0.15) is 0 Å². The number of rotatable bonds is 2. The van der Waals surface area contributed by atoms with Crippen LogP contribution in [-0.2, 0) is 6.54 Å². The predicted molar refractivity (Wildman–Crippen MR) is 48.8 cm³/mol. The van der Waals surface area contributed by atoms with Gasteiger partial charge in [-0.1, -0.05) is 0 Å². The Morgan fingerprint density at radius 2 is 2.38 bits per heavy atom. The molecule has 4 heteroatoms. The maximum absolute atomic E-state index is 13.1. The summed E-state index contributed by atoms with van der Waals surface area (Å²) in [5.41, 5.74) is 1.49. The lowest BCUT2D eigenvalue weighted by Gasteiger charge is -1.92. The molecule has 0 atom stereocenters. The third-order valence-corrected chi connectivity index (χ3v) is 1.91. The summed E-state index contributed by atoms with van der Waals surface area (Å²) in [5.74, 6) is -0.306. The molecule has 0 unspecified atom stereocenters. The highest BCUT2D eigenvalue weighted by atomic mass is 19.1. The van der Waals surface area contributed by atoms with Crippen molar-refractivity contribution in [2.75, 3.05) is 7.05 Å². The van der Waals surface area contributed by atoms with Crippen LogP contribution in [0.2, 0.25) is 0 Å². The van der Waals surface area contributed by atoms with E-state index in [1.165, 1.54) is 6.20 Å². The van der Waals surface area contributed by atoms with E-state index in [2.05, 4.69) is 15.3 Å². The second kappa shape index (κ2) is 3.14. The van der Waals surface area contributed by atoms with E-state index >= 15 is 0 Å². The van der Waals surface area contributed by atoms with Crippen LogP contribution >= 0.6 is 0 Å². The molecule has 0 saturated carbocycles. The molecule has 0 fully saturated rings. The van der Waals surface area contributed by atoms with E-state index in [1.807, 2.05) is 13.1 Å². The summed E-state index contributed by atoms with van der Waals surface area (Å²) < 4.78 is 13.1. The minimum Gasteiger partial charge on any atom is -0.355 e. The summed E-state index contributed by atoms with van der Waals surface area (Å²) in [5, 5.41) is 3.80. The van der Waals surface area contributed by atoms with E-state index in [1.54, 1.807) is 6.20 Å². The Bertz CT molecular complexity index is 422. The number of hydrogen-bond donors (Lipinski definition) is 2. The van der Waals surface area contributed by atoms with Gasteiger partial charge in [0.05, 0.1) is 11.7 Å². The molecule has 2 rings (SSSR count). The molecule has 0 aliphatic rings. The average molecular weight is 179 g/mol. The fraction of sp³-hybridized carbons (Fsp3) is 0.222. The van der Waals surface area contributed by atoms with E-state index in [9.17, 15) is 4.39 Å². The minimum absolute atomic E-state index is 0.306. The van der Waals surface area contributed by atoms with E-state index in [0.29, 0.717) is 12.1 Å². The first-order chi connectivity index (χ1) is 6.31. The Morgan fingerprint density at radius 1 is 1.54 bits per heavy atom. The molecule has 2 heterocycles. The van der Waals surface area contributed by atoms with Gasteiger partial charge in [0.25, 0.3) is 0 Å². The summed E-state index contributed by atoms with van der Waals surface area (Å²) in [7, 11) is 1.85. The number of nitrogens with one attached hydrogen (secondary N) is 2. The van der Waals surface area contributed by atoms with Gasteiger partial charge >= 0.3 is 0 Å². The second-order valence-corrected chi connectivity index (χ2v) is 2.91. The quantitative estimate of drug-likeness (QED) is 0.732. The molecule has 2 aromatic heterocycles. The standard InChI is InChI=1S/C9H10FN3/c1-11-4-7-2-6-3-12-5-8(10)9(6)13-7/h2-3,5,11,13H,4H2,1H3. The molecule has 0 bridgehead atoms. The largest absolute Gasteiger partial charge is 0.355 e. The van der Waals surface area contributed by atoms with Crippen molar-refractivity contribution in [3.63, 3.8) is 0 Å². The number of halogens is 1. The Balaban J connectivity index is 2.55. The smallest absolute Gasteiger partial charge is 0.165 e. The van der Waals surface area contributed by atoms with E-state index < -0.39 is 0 Å². The highest BCUT2D eigenvalue weighted by Crippen LogP contribution is 2.16. The Hall–Kier alpha value is -1.42. The van der Waals surface area contributed by atoms with Gasteiger partial charge in [-0.25, -0.2) is 4.39 Å². The Kier molecular flexibility index (Phi) is 1.98. The molecule has 0 aliphatic carbocycles. The van der Waals surface area contributed by atoms with Crippen molar-refractivity contribution in [2.24, 2.45) is 0 Å². The van der Waals surface area contributed by atoms with Gasteiger partial charge in [-0.3, -0.25) is 4.98 Å². The van der Waals surface area contributed by atoms with Crippen molar-refractivity contribution in [3.05, 3.63) is 30.0 Å². The summed E-state index contributed by atoms with van der Waals surface area (Å²) in [6.07, 6.45) is 2.86. The normalized spacial score (nSPS) is 10.9. The fourth-order valence-corrected chi connectivity index (χ4v) is 1.36. The first-order valence-corrected chi connectivity index (χ1v) is 4.07. The van der Waals surface area contributed by atoms with Crippen LogP contribution in [-0.4, -0.2) is 17.0 Å². The molecule has 0 radical (unpaired) electrons. The molecule has 2 N–H and O–H groups in total. The van der Waals surface area contributed by atoms with Crippen LogP contribution < -0.4 is 5.32 Å². The van der Waals surface area contributed by atoms with Crippen LogP contribution in [0.4, 0.5) is 4.39 Å². The Labute approximate surface area is 75.0 Å². The monoisotopic (exact) mass is 179 g/mol. The first kappa shape index (κ1) is 8.19. The first-order valence-electron chi connectivity index (χ1n) is 4.07. The summed E-state index contributed by atoms with van der Waals surface area (Å²) in [6.45, 7) is 0.702. The van der Waals surface area contributed by atoms with Crippen LogP contribution in [0, 0.1) is 5.82 Å². The van der Waals surface area contributed by atoms with Gasteiger partial charge in [0, 0.05) is 23.8 Å². The number of aromatic amines is 1. The highest BCUT2D eigenvalue weighted by molar-refractivity contribution is 5.79. The van der Waals surface area contributed by atoms with E-state index in [0.717, 1.165) is 11.1 Å². The van der Waals surface area contributed by atoms with Crippen molar-refractivity contribution in [3.8, 4) is 0 Å². The van der Waals surface area contributed by atoms with Crippen molar-refractivity contribution >= 4 is 10.9 Å². The van der Waals surface area contributed by atoms with Crippen molar-refractivity contribution in [2.45, 2.75) is 6.54 Å². The maximum atomic E-state index is 13.1. The lowest BCUT2D eigenvalue weighted by molar-refractivity contribution is 0.631. The van der Waals surface area contributed by atoms with Crippen molar-refractivity contribution in [1.82, 2.24) is 15.3 Å². The molecular formula is C9H10FN3. The number of aromatic nitrogens is 2. The van der Waals surface area contributed by atoms with Gasteiger partial charge < -0.3 is 10.3 Å². The molecule has 68 valence electrons. The third-order valence-electron chi connectivity index (χ3n) is 1.91. The molecule has 0 aliphatic heterocycles. The number of H-pyrrole nitrogens is 1. The number of nitrogens with zero attached hydrogens (tertiary/aromatic N) is 1. The number of fused-ring (bicyclic) bond motifs is 1. The van der Waals surface area contributed by atoms with Gasteiger partial charge in [-0.05, 0) is 13.1 Å². The van der Waals surface area contributed by atoms with E-state index in [-0.39, 0.29) is 5.82 Å². The van der Waals surface area contributed by atoms with E-state index in [4.69, 9.17) is 0 Å². The third kappa shape index (κ3) is 1.40.